The summed E-state index contributed by atoms with van der Waals surface area (Å²) >= 11 is 6.17. The van der Waals surface area contributed by atoms with Crippen molar-refractivity contribution in [1.29, 1.82) is 5.26 Å². The highest BCUT2D eigenvalue weighted by Gasteiger charge is 2.65. The number of allylic oxidation sites excluding steroid dienone is 2. The van der Waals surface area contributed by atoms with Gasteiger partial charge in [-0.3, -0.25) is 9.59 Å². The van der Waals surface area contributed by atoms with E-state index in [4.69, 9.17) is 31.4 Å². The topological polar surface area (TPSA) is 117 Å². The van der Waals surface area contributed by atoms with Gasteiger partial charge in [-0.05, 0) is 526 Å². The van der Waals surface area contributed by atoms with Crippen molar-refractivity contribution in [1.82, 2.24) is 0 Å². The first-order valence-electron chi connectivity index (χ1n) is 58.6. The van der Waals surface area contributed by atoms with E-state index < -0.39 is 0 Å². The van der Waals surface area contributed by atoms with Gasteiger partial charge in [0, 0.05) is 24.8 Å². The largest absolute Gasteiger partial charge is 0.462 e. The Balaban J connectivity index is 0.000000101. The van der Waals surface area contributed by atoms with E-state index in [1.54, 1.807) is 89.9 Å². The molecule has 744 valence electrons. The van der Waals surface area contributed by atoms with E-state index in [-0.39, 0.29) is 35.7 Å². The third-order valence-corrected chi connectivity index (χ3v) is 52.5. The van der Waals surface area contributed by atoms with E-state index in [0.717, 1.165) is 286 Å². The normalized spacial score (nSPS) is 56.7. The molecule has 26 saturated carbocycles. The van der Waals surface area contributed by atoms with E-state index in [1.807, 2.05) is 13.8 Å². The van der Waals surface area contributed by atoms with Gasteiger partial charge in [0.25, 0.3) is 0 Å². The van der Waals surface area contributed by atoms with Gasteiger partial charge in [-0.1, -0.05) is 178 Å². The van der Waals surface area contributed by atoms with Crippen molar-refractivity contribution in [3.05, 3.63) is 12.2 Å². The smallest absolute Gasteiger partial charge is 0.309 e. The molecule has 0 radical (unpaired) electrons. The molecule has 7 nitrogen and oxygen atoms in total. The monoisotopic (exact) mass is 1830 g/mol. The molecule has 24 bridgehead atoms. The highest BCUT2D eigenvalue weighted by molar-refractivity contribution is 6.21. The highest BCUT2D eigenvalue weighted by Crippen LogP contribution is 2.72. The standard InChI is InChI=1S/C15H26O2.C14H22.2C12H20.C12H18.C11H18O2.C10H15N.C10H18O.C9H15Cl.C9H16O.C9H16/c1-6-15(4,5)17-14(16)13-8-11-7-12(13)10(3)9(11)2;1-7-8(2)12-6-11(7)13-9-3-4-10(5-9)14(12)13;1-7-5-11-9-3-4-10(6-9)12(11)8(7)2;2*1-7-8(2)12-6-11(7)9-4-3-5-10(9)12;1-6-7(2)10-4-9(6)5-11(10)13-8(3)12;2*1-6-7(2)10-4-8(6)3-9(10)5-11;2*1-5-6(2)8-3-7(5)4-9(8)10;1-6-7(2)9-4-3-8(6)5-9/h9-13H,6-8H2,1-5H3;7-14H,3-6H2,1-2H3;2*7-12H,3-6H2,1-2H3;3-4,7-12H,5-6H2,1-2H3;6-7,9-11H,4-5H2,1-3H3;6-10H,3-4H2,1-2H3;6-11H,3-5H2,1-2H3;5-9H,3-4H2,1-2H3;5-10H,3-4H2,1-2H3;6-9H,3-5H2,1-2H3. The van der Waals surface area contributed by atoms with Gasteiger partial charge in [0.05, 0.1) is 18.1 Å². The summed E-state index contributed by atoms with van der Waals surface area (Å²) in [5.41, 5.74) is -0.298. The molecule has 27 aliphatic rings. The van der Waals surface area contributed by atoms with E-state index in [2.05, 4.69) is 177 Å². The van der Waals surface area contributed by atoms with Crippen LogP contribution in [0.1, 0.15) is 373 Å². The fourth-order valence-electron chi connectivity index (χ4n) is 41.6. The first kappa shape index (κ1) is 101. The number of alkyl halides is 1. The number of carbonyl (C=O) groups excluding carboxylic acids is 2. The fraction of sp³-hybridized carbons (Fsp3) is 0.959. The third kappa shape index (κ3) is 18.9. The van der Waals surface area contributed by atoms with Gasteiger partial charge in [0.2, 0.25) is 0 Å². The van der Waals surface area contributed by atoms with Crippen molar-refractivity contribution in [2.24, 2.45) is 337 Å². The molecule has 0 heterocycles. The molecule has 2 N–H and O–H groups in total. The molecule has 0 aliphatic heterocycles. The van der Waals surface area contributed by atoms with Crippen molar-refractivity contribution in [2.45, 2.75) is 396 Å². The number of ether oxygens (including phenoxy) is 2. The molecule has 131 heavy (non-hydrogen) atoms. The Bertz CT molecular complexity index is 3730. The number of halogens is 1. The summed E-state index contributed by atoms with van der Waals surface area (Å²) in [6, 6.07) is 2.45. The van der Waals surface area contributed by atoms with Crippen molar-refractivity contribution in [2.75, 3.05) is 6.61 Å². The Labute approximate surface area is 810 Å². The van der Waals surface area contributed by atoms with Crippen LogP contribution in [0.5, 0.6) is 0 Å². The molecule has 60 atom stereocenters. The number of aliphatic hydroxyl groups is 2. The lowest BCUT2D eigenvalue weighted by atomic mass is 9.64. The van der Waals surface area contributed by atoms with Gasteiger partial charge < -0.3 is 19.7 Å². The van der Waals surface area contributed by atoms with Crippen molar-refractivity contribution in [3.8, 4) is 6.07 Å². The molecule has 8 heteroatoms. The van der Waals surface area contributed by atoms with Crippen LogP contribution in [0.15, 0.2) is 12.2 Å². The predicted molar refractivity (Wildman–Crippen MR) is 541 cm³/mol. The van der Waals surface area contributed by atoms with Crippen LogP contribution in [0.4, 0.5) is 0 Å². The Morgan fingerprint density at radius 1 is 0.366 bits per heavy atom. The molecular weight excluding hydrogens is 1620 g/mol. The van der Waals surface area contributed by atoms with Crippen molar-refractivity contribution < 1.29 is 29.3 Å². The molecule has 0 aromatic carbocycles. The predicted octanol–water partition coefficient (Wildman–Crippen LogP) is 30.8. The van der Waals surface area contributed by atoms with Gasteiger partial charge in [0.1, 0.15) is 11.7 Å². The minimum absolute atomic E-state index is 0.0381. The Hall–Kier alpha value is -1.62. The SMILES string of the molecule is CC(=O)OC1CC2CC1C(C)C2C.CC1C(C)C2CC1C1C3CCC(C3)C21.CC1C(C)C2CC1C1C=CCC12.CC1C(C)C2CC1C1CCCC21.CC1C2CC(C#N)C(C2)C1C.CC1C2CC(CO)C(C2)C1C.CC1C2CC(Cl)C(C2)C1C.CC1C2CC(O)C(C2)C1C.CC1C2CCC(C2)C1C.CC1CC2C3CCC(C3)C2C1C.CCC(C)(C)OC(=O)C1CC2CC1C(C)C2C. The van der Waals surface area contributed by atoms with Gasteiger partial charge in [-0.25, -0.2) is 0 Å². The quantitative estimate of drug-likeness (QED) is 0.122. The van der Waals surface area contributed by atoms with E-state index in [9.17, 15) is 14.7 Å². The summed E-state index contributed by atoms with van der Waals surface area (Å²) in [6.07, 6.45) is 47.7. The lowest BCUT2D eigenvalue weighted by molar-refractivity contribution is -0.165. The van der Waals surface area contributed by atoms with Gasteiger partial charge in [-0.2, -0.15) is 5.26 Å². The number of nitrogens with zero attached hydrogens (tertiary/aromatic N) is 1. The zero-order valence-electron chi connectivity index (χ0n) is 89.1. The molecule has 0 amide bonds. The van der Waals surface area contributed by atoms with E-state index >= 15 is 0 Å². The van der Waals surface area contributed by atoms with Crippen LogP contribution in [-0.4, -0.2) is 51.9 Å². The van der Waals surface area contributed by atoms with Gasteiger partial charge >= 0.3 is 11.9 Å². The summed E-state index contributed by atoms with van der Waals surface area (Å²) in [4.78, 5) is 23.1. The summed E-state index contributed by atoms with van der Waals surface area (Å²) < 4.78 is 11.0. The van der Waals surface area contributed by atoms with E-state index in [0.29, 0.717) is 47.5 Å². The minimum Gasteiger partial charge on any atom is -0.462 e. The second-order valence-electron chi connectivity index (χ2n) is 55.9. The van der Waals surface area contributed by atoms with Crippen LogP contribution in [0.3, 0.4) is 0 Å². The number of hydrogen-bond donors (Lipinski definition) is 2. The average Bonchev–Trinajstić information content (AvgIpc) is 1.54. The zero-order chi connectivity index (χ0) is 93.8. The number of rotatable bonds is 5. The number of aliphatic hydroxyl groups excluding tert-OH is 2. The minimum atomic E-state index is -0.298. The second-order valence-corrected chi connectivity index (χ2v) is 56.5. The summed E-state index contributed by atoms with van der Waals surface area (Å²) in [5, 5.41) is 28.0. The number of fused-ring (bicyclic) bond motifs is 38. The maximum absolute atomic E-state index is 12.2. The zero-order valence-corrected chi connectivity index (χ0v) is 89.8. The number of esters is 2. The molecule has 0 aromatic heterocycles. The van der Waals surface area contributed by atoms with Crippen LogP contribution < -0.4 is 0 Å². The molecule has 60 unspecified atom stereocenters. The maximum atomic E-state index is 12.2. The van der Waals surface area contributed by atoms with E-state index in [1.165, 1.54) is 119 Å². The molecule has 26 fully saturated rings. The molecule has 0 saturated heterocycles. The number of carbonyl (C=O) groups is 2. The molecule has 27 aliphatic carbocycles. The molecule has 27 rings (SSSR count). The Morgan fingerprint density at radius 3 is 1.22 bits per heavy atom. The first-order chi connectivity index (χ1) is 62.2. The Morgan fingerprint density at radius 2 is 0.771 bits per heavy atom. The van der Waals surface area contributed by atoms with Crippen LogP contribution in [-0.2, 0) is 19.1 Å². The summed E-state index contributed by atoms with van der Waals surface area (Å²) in [6.45, 7) is 61.0. The van der Waals surface area contributed by atoms with Gasteiger partial charge in [-0.15, -0.1) is 11.6 Å². The average molecular weight is 1830 g/mol. The first-order valence-corrected chi connectivity index (χ1v) is 59.1. The lowest BCUT2D eigenvalue weighted by Gasteiger charge is -2.41. The number of nitriles is 1. The fourth-order valence-corrected chi connectivity index (χ4v) is 42.2. The molecule has 0 spiro atoms. The van der Waals surface area contributed by atoms with Crippen LogP contribution in [0, 0.1) is 349 Å². The van der Waals surface area contributed by atoms with Gasteiger partial charge in [0.15, 0.2) is 0 Å². The highest BCUT2D eigenvalue weighted by atomic mass is 35.5. The van der Waals surface area contributed by atoms with Crippen LogP contribution in [0.2, 0.25) is 0 Å². The maximum Gasteiger partial charge on any atom is 0.309 e. The summed E-state index contributed by atoms with van der Waals surface area (Å²) in [7, 11) is 0. The second kappa shape index (κ2) is 40.6. The van der Waals surface area contributed by atoms with Crippen LogP contribution >= 0.6 is 11.6 Å². The van der Waals surface area contributed by atoms with Crippen molar-refractivity contribution >= 4 is 23.5 Å². The van der Waals surface area contributed by atoms with Crippen LogP contribution in [0.25, 0.3) is 0 Å². The third-order valence-electron chi connectivity index (χ3n) is 52.0. The number of hydrogen-bond acceptors (Lipinski definition) is 7. The lowest BCUT2D eigenvalue weighted by Crippen LogP contribution is -2.36. The summed E-state index contributed by atoms with van der Waals surface area (Å²) in [5.74, 6) is 53.7. The van der Waals surface area contributed by atoms with Crippen molar-refractivity contribution in [3.63, 3.8) is 0 Å². The molecule has 0 aromatic rings. The molecular formula is C123H204ClNO6. The Kier molecular flexibility index (Phi) is 31.3.